The Morgan fingerprint density at radius 1 is 0.925 bits per heavy atom. The number of aliphatic hydroxyl groups is 1. The van der Waals surface area contributed by atoms with Crippen LogP contribution in [0.25, 0.3) is 0 Å². The van der Waals surface area contributed by atoms with E-state index in [2.05, 4.69) is 22.0 Å². The molecule has 5 atom stereocenters. The van der Waals surface area contributed by atoms with E-state index in [-0.39, 0.29) is 43.3 Å². The molecule has 0 saturated carbocycles. The van der Waals surface area contributed by atoms with Crippen molar-refractivity contribution in [3.8, 4) is 0 Å². The second-order valence-corrected chi connectivity index (χ2v) is 20.4. The lowest BCUT2D eigenvalue weighted by atomic mass is 9.82. The quantitative estimate of drug-likeness (QED) is 0.201. The molecular formula is C42H44BrN3O6Si. The molecule has 1 spiro atoms. The van der Waals surface area contributed by atoms with Gasteiger partial charge in [0.05, 0.1) is 43.1 Å². The molecule has 0 bridgehead atoms. The molecular weight excluding hydrogens is 750 g/mol. The van der Waals surface area contributed by atoms with E-state index < -0.39 is 31.5 Å². The molecule has 0 aliphatic carbocycles. The fourth-order valence-electron chi connectivity index (χ4n) is 9.43. The zero-order valence-electron chi connectivity index (χ0n) is 30.2. The monoisotopic (exact) mass is 793 g/mol. The van der Waals surface area contributed by atoms with E-state index in [9.17, 15) is 19.5 Å². The molecule has 4 aromatic rings. The van der Waals surface area contributed by atoms with Gasteiger partial charge in [-0.3, -0.25) is 19.3 Å². The summed E-state index contributed by atoms with van der Waals surface area (Å²) in [4.78, 5) is 59.6. The van der Waals surface area contributed by atoms with Crippen LogP contribution in [0.15, 0.2) is 95.5 Å². The van der Waals surface area contributed by atoms with Gasteiger partial charge < -0.3 is 24.4 Å². The Bertz CT molecular complexity index is 2120. The molecule has 8 rings (SSSR count). The number of aryl methyl sites for hydroxylation is 1. The number of anilines is 3. The van der Waals surface area contributed by atoms with Crippen molar-refractivity contribution in [2.75, 3.05) is 16.4 Å². The molecule has 9 nitrogen and oxygen atoms in total. The Hall–Kier alpha value is -4.13. The first-order valence-electron chi connectivity index (χ1n) is 18.4. The zero-order chi connectivity index (χ0) is 37.2. The van der Waals surface area contributed by atoms with Crippen molar-refractivity contribution in [1.82, 2.24) is 4.90 Å². The number of fused-ring (bicyclic) bond motifs is 4. The van der Waals surface area contributed by atoms with Gasteiger partial charge in [0.2, 0.25) is 11.8 Å². The summed E-state index contributed by atoms with van der Waals surface area (Å²) in [5, 5.41) is 10.3. The smallest absolute Gasteiger partial charge is 0.264 e. The molecule has 0 radical (unpaired) electrons. The first kappa shape index (κ1) is 35.9. The second kappa shape index (κ2) is 13.6. The topological polar surface area (TPSA) is 111 Å². The van der Waals surface area contributed by atoms with Crippen LogP contribution in [0.1, 0.15) is 47.6 Å². The highest BCUT2D eigenvalue weighted by molar-refractivity contribution is 9.10. The molecule has 4 heterocycles. The van der Waals surface area contributed by atoms with Crippen LogP contribution in [-0.4, -0.2) is 59.6 Å². The molecule has 274 valence electrons. The number of ether oxygens (including phenoxy) is 1. The molecule has 0 aromatic heterocycles. The maximum atomic E-state index is 15.1. The van der Waals surface area contributed by atoms with Crippen molar-refractivity contribution < 1.29 is 29.0 Å². The molecule has 2 N–H and O–H groups in total. The van der Waals surface area contributed by atoms with E-state index >= 15 is 4.79 Å². The number of nitrogens with zero attached hydrogens (tertiary/aromatic N) is 3. The van der Waals surface area contributed by atoms with Crippen LogP contribution in [0, 0.1) is 5.92 Å². The van der Waals surface area contributed by atoms with Gasteiger partial charge in [-0.1, -0.05) is 77.5 Å². The van der Waals surface area contributed by atoms with Gasteiger partial charge in [0, 0.05) is 40.1 Å². The molecule has 0 unspecified atom stereocenters. The van der Waals surface area contributed by atoms with Gasteiger partial charge in [-0.25, -0.2) is 0 Å². The predicted molar refractivity (Wildman–Crippen MR) is 209 cm³/mol. The number of hydrogen-bond donors (Lipinski definition) is 2. The average Bonchev–Trinajstić information content (AvgIpc) is 3.56. The van der Waals surface area contributed by atoms with Crippen LogP contribution in [0.5, 0.6) is 0 Å². The number of aliphatic hydroxyl groups excluding tert-OH is 1. The van der Waals surface area contributed by atoms with Crippen LogP contribution in [0.3, 0.4) is 0 Å². The first-order chi connectivity index (χ1) is 25.4. The number of carbonyl (C=O) groups is 3. The largest absolute Gasteiger partial charge is 0.432 e. The highest BCUT2D eigenvalue weighted by Gasteiger charge is 2.66. The molecule has 1 fully saturated rings. The van der Waals surface area contributed by atoms with Gasteiger partial charge in [-0.15, -0.1) is 0 Å². The molecule has 3 amide bonds. The van der Waals surface area contributed by atoms with Crippen LogP contribution >= 0.6 is 15.9 Å². The van der Waals surface area contributed by atoms with Crippen LogP contribution in [-0.2, 0) is 50.7 Å². The van der Waals surface area contributed by atoms with E-state index in [1.54, 1.807) is 14.7 Å². The van der Waals surface area contributed by atoms with E-state index in [0.29, 0.717) is 37.1 Å². The van der Waals surface area contributed by atoms with Crippen molar-refractivity contribution in [3.05, 3.63) is 123 Å². The van der Waals surface area contributed by atoms with Crippen LogP contribution in [0.4, 0.5) is 17.1 Å². The number of halogens is 1. The minimum absolute atomic E-state index is 0.0174. The van der Waals surface area contributed by atoms with Crippen molar-refractivity contribution in [3.63, 3.8) is 0 Å². The fourth-order valence-corrected chi connectivity index (χ4v) is 12.3. The summed E-state index contributed by atoms with van der Waals surface area (Å²) >= 11 is 3.64. The Balaban J connectivity index is 1.12. The lowest BCUT2D eigenvalue weighted by Gasteiger charge is -2.37. The maximum absolute atomic E-state index is 15.1. The minimum atomic E-state index is -3.03. The molecule has 4 aliphatic rings. The van der Waals surface area contributed by atoms with Gasteiger partial charge >= 0.3 is 0 Å². The normalized spacial score (nSPS) is 25.1. The Labute approximate surface area is 319 Å². The molecule has 1 saturated heterocycles. The predicted octanol–water partition coefficient (Wildman–Crippen LogP) is 6.74. The SMILES string of the molecule is C[C@H]1[C@H]([Si](C)(C)O)[C@@H](CC(=O)N2Cc3ccccc3C[C@H]2CO)O[C@]12C(=O)N(Cc1cccc(N3C(=O)CCc4ccccc43)c1)c1ccc(Br)cc12. The number of hydrogen-bond acceptors (Lipinski definition) is 6. The third-order valence-electron chi connectivity index (χ3n) is 11.8. The van der Waals surface area contributed by atoms with Crippen molar-refractivity contribution in [2.45, 2.75) is 82.1 Å². The molecule has 4 aromatic carbocycles. The summed E-state index contributed by atoms with van der Waals surface area (Å²) in [5.74, 6) is -0.816. The summed E-state index contributed by atoms with van der Waals surface area (Å²) in [6, 6.07) is 29.1. The number of amides is 3. The molecule has 4 aliphatic heterocycles. The van der Waals surface area contributed by atoms with Gasteiger partial charge in [0.25, 0.3) is 5.91 Å². The van der Waals surface area contributed by atoms with E-state index in [1.165, 1.54) is 0 Å². The summed E-state index contributed by atoms with van der Waals surface area (Å²) < 4.78 is 7.79. The lowest BCUT2D eigenvalue weighted by molar-refractivity contribution is -0.151. The van der Waals surface area contributed by atoms with E-state index in [1.807, 2.05) is 105 Å². The summed E-state index contributed by atoms with van der Waals surface area (Å²) in [5.41, 5.74) is 5.34. The average molecular weight is 795 g/mol. The van der Waals surface area contributed by atoms with Crippen LogP contribution in [0.2, 0.25) is 18.6 Å². The third kappa shape index (κ3) is 6.06. The van der Waals surface area contributed by atoms with Crippen molar-refractivity contribution in [2.24, 2.45) is 5.92 Å². The van der Waals surface area contributed by atoms with Crippen molar-refractivity contribution in [1.29, 1.82) is 0 Å². The number of benzene rings is 4. The van der Waals surface area contributed by atoms with Gasteiger partial charge in [0.1, 0.15) is 0 Å². The Morgan fingerprint density at radius 2 is 1.66 bits per heavy atom. The standard InChI is InChI=1S/C42H44BrN3O6Si/c1-26-40(53(2,3)51)37(22-39(49)44-24-30-12-5-4-11-29(30)20-33(44)25-47)52-42(26)34-21-31(43)16-17-36(34)45(41(42)50)23-27-9-8-13-32(19-27)46-35-14-7-6-10-28(35)15-18-38(46)48/h4-14,16-17,19,21,26,33,37,40,47,51H,15,18,20,22-25H2,1-3H3/t26-,33-,37+,40-,42+/m0/s1. The summed E-state index contributed by atoms with van der Waals surface area (Å²) in [6.07, 6.45) is 0.950. The second-order valence-electron chi connectivity index (χ2n) is 15.5. The third-order valence-corrected chi connectivity index (χ3v) is 14.8. The van der Waals surface area contributed by atoms with E-state index in [0.717, 1.165) is 38.1 Å². The summed E-state index contributed by atoms with van der Waals surface area (Å²) in [6.45, 7) is 6.14. The van der Waals surface area contributed by atoms with Gasteiger partial charge in [-0.2, -0.15) is 0 Å². The number of para-hydroxylation sites is 1. The fraction of sp³-hybridized carbons (Fsp3) is 0.357. The van der Waals surface area contributed by atoms with Crippen molar-refractivity contribution >= 4 is 59.0 Å². The number of rotatable bonds is 7. The minimum Gasteiger partial charge on any atom is -0.432 e. The molecule has 53 heavy (non-hydrogen) atoms. The van der Waals surface area contributed by atoms with Crippen LogP contribution < -0.4 is 9.80 Å². The van der Waals surface area contributed by atoms with Gasteiger partial charge in [0.15, 0.2) is 13.9 Å². The number of carbonyl (C=O) groups excluding carboxylic acids is 3. The maximum Gasteiger partial charge on any atom is 0.264 e. The highest BCUT2D eigenvalue weighted by Crippen LogP contribution is 2.60. The summed E-state index contributed by atoms with van der Waals surface area (Å²) in [7, 11) is -3.03. The Morgan fingerprint density at radius 3 is 2.42 bits per heavy atom. The first-order valence-corrected chi connectivity index (χ1v) is 22.2. The molecule has 11 heteroatoms. The lowest BCUT2D eigenvalue weighted by Crippen LogP contribution is -2.48. The Kier molecular flexibility index (Phi) is 9.22. The van der Waals surface area contributed by atoms with E-state index in [4.69, 9.17) is 4.74 Å². The highest BCUT2D eigenvalue weighted by atomic mass is 79.9. The zero-order valence-corrected chi connectivity index (χ0v) is 32.8. The van der Waals surface area contributed by atoms with Gasteiger partial charge in [-0.05, 0) is 84.6 Å².